The van der Waals surface area contributed by atoms with Crippen LogP contribution in [0.5, 0.6) is 0 Å². The summed E-state index contributed by atoms with van der Waals surface area (Å²) >= 11 is 0. The standard InChI is InChI=1S/C24H39N5O5.C3H8/c1-28(2)24(34)27-19(16-10-4-3-5-11-16)23(33)29-13-7-12-18(29)22(32)26-17(20(30)21(25)31)14-15-8-6-9-15;1-3-2/h15-19H,3-14H2,1-2H3,(H2,25,31)(H,26,32)(H,27,34);3H2,1-2H3. The number of hydrogen-bond acceptors (Lipinski definition) is 5. The van der Waals surface area contributed by atoms with Gasteiger partial charge in [-0.2, -0.15) is 0 Å². The molecule has 0 bridgehead atoms. The molecule has 1 aliphatic heterocycles. The summed E-state index contributed by atoms with van der Waals surface area (Å²) in [7, 11) is 3.25. The molecule has 37 heavy (non-hydrogen) atoms. The molecule has 2 saturated carbocycles. The third kappa shape index (κ3) is 8.71. The number of carbonyl (C=O) groups excluding carboxylic acids is 5. The van der Waals surface area contributed by atoms with Crippen LogP contribution in [0.1, 0.15) is 90.9 Å². The Morgan fingerprint density at radius 1 is 0.892 bits per heavy atom. The maximum absolute atomic E-state index is 13.7. The van der Waals surface area contributed by atoms with Gasteiger partial charge in [-0.1, -0.05) is 58.8 Å². The molecule has 0 aromatic heterocycles. The molecule has 4 N–H and O–H groups in total. The molecule has 3 atom stereocenters. The molecule has 3 rings (SSSR count). The second-order valence-electron chi connectivity index (χ2n) is 10.9. The number of hydrogen-bond donors (Lipinski definition) is 3. The number of amides is 5. The average Bonchev–Trinajstić information content (AvgIpc) is 3.34. The summed E-state index contributed by atoms with van der Waals surface area (Å²) in [6.45, 7) is 4.66. The summed E-state index contributed by atoms with van der Waals surface area (Å²) in [6, 6.07) is -2.73. The van der Waals surface area contributed by atoms with Crippen molar-refractivity contribution in [1.29, 1.82) is 0 Å². The lowest BCUT2D eigenvalue weighted by molar-refractivity contribution is -0.143. The maximum atomic E-state index is 13.7. The maximum Gasteiger partial charge on any atom is 0.317 e. The van der Waals surface area contributed by atoms with Crippen LogP contribution < -0.4 is 16.4 Å². The SMILES string of the molecule is CCC.CN(C)C(=O)NC(C(=O)N1CCCC1C(=O)NC(CC1CCC1)C(=O)C(N)=O)C1CCCCC1. The molecular weight excluding hydrogens is 474 g/mol. The third-order valence-electron chi connectivity index (χ3n) is 7.58. The van der Waals surface area contributed by atoms with Crippen LogP contribution in [0.15, 0.2) is 0 Å². The van der Waals surface area contributed by atoms with Gasteiger partial charge in [0.25, 0.3) is 5.91 Å². The quantitative estimate of drug-likeness (QED) is 0.399. The van der Waals surface area contributed by atoms with Crippen LogP contribution in [-0.2, 0) is 19.2 Å². The van der Waals surface area contributed by atoms with Crippen LogP contribution in [0.2, 0.25) is 0 Å². The van der Waals surface area contributed by atoms with Gasteiger partial charge in [-0.3, -0.25) is 19.2 Å². The molecule has 10 heteroatoms. The van der Waals surface area contributed by atoms with Gasteiger partial charge in [0.2, 0.25) is 17.6 Å². The minimum absolute atomic E-state index is 0.0252. The predicted octanol–water partition coefficient (Wildman–Crippen LogP) is 2.34. The molecular formula is C27H47N5O5. The van der Waals surface area contributed by atoms with Crippen molar-refractivity contribution < 1.29 is 24.0 Å². The minimum Gasteiger partial charge on any atom is -0.363 e. The van der Waals surface area contributed by atoms with Gasteiger partial charge in [0, 0.05) is 20.6 Å². The molecule has 5 amide bonds. The normalized spacial score (nSPS) is 21.5. The van der Waals surface area contributed by atoms with Gasteiger partial charge in [-0.05, 0) is 43.9 Å². The van der Waals surface area contributed by atoms with Crippen molar-refractivity contribution in [3.63, 3.8) is 0 Å². The van der Waals surface area contributed by atoms with Crippen LogP contribution in [-0.4, -0.2) is 78.1 Å². The molecule has 1 heterocycles. The van der Waals surface area contributed by atoms with E-state index in [0.717, 1.165) is 51.4 Å². The fourth-order valence-electron chi connectivity index (χ4n) is 5.33. The minimum atomic E-state index is -1.06. The molecule has 3 aliphatic rings. The zero-order valence-electron chi connectivity index (χ0n) is 23.1. The molecule has 3 unspecified atom stereocenters. The number of carbonyl (C=O) groups is 5. The molecule has 0 spiro atoms. The monoisotopic (exact) mass is 521 g/mol. The highest BCUT2D eigenvalue weighted by Gasteiger charge is 2.42. The van der Waals surface area contributed by atoms with Gasteiger partial charge in [0.15, 0.2) is 0 Å². The highest BCUT2D eigenvalue weighted by molar-refractivity contribution is 6.37. The van der Waals surface area contributed by atoms with Crippen LogP contribution in [0, 0.1) is 11.8 Å². The summed E-state index contributed by atoms with van der Waals surface area (Å²) < 4.78 is 0. The third-order valence-corrected chi connectivity index (χ3v) is 7.58. The molecule has 2 aliphatic carbocycles. The molecule has 0 aromatic rings. The fraction of sp³-hybridized carbons (Fsp3) is 0.815. The van der Waals surface area contributed by atoms with E-state index in [1.54, 1.807) is 19.0 Å². The van der Waals surface area contributed by atoms with Gasteiger partial charge in [0.1, 0.15) is 12.1 Å². The molecule has 1 saturated heterocycles. The lowest BCUT2D eigenvalue weighted by atomic mass is 9.80. The number of likely N-dealkylation sites (tertiary alicyclic amines) is 1. The van der Waals surface area contributed by atoms with Crippen molar-refractivity contribution in [2.75, 3.05) is 20.6 Å². The summed E-state index contributed by atoms with van der Waals surface area (Å²) in [6.07, 6.45) is 10.6. The number of primary amides is 1. The van der Waals surface area contributed by atoms with Gasteiger partial charge in [-0.15, -0.1) is 0 Å². The van der Waals surface area contributed by atoms with E-state index in [4.69, 9.17) is 5.73 Å². The van der Waals surface area contributed by atoms with Gasteiger partial charge < -0.3 is 26.2 Å². The van der Waals surface area contributed by atoms with Gasteiger partial charge in [0.05, 0.1) is 6.04 Å². The number of rotatable bonds is 9. The topological polar surface area (TPSA) is 142 Å². The van der Waals surface area contributed by atoms with Crippen LogP contribution in [0.25, 0.3) is 0 Å². The van der Waals surface area contributed by atoms with Crippen molar-refractivity contribution in [3.05, 3.63) is 0 Å². The predicted molar refractivity (Wildman–Crippen MR) is 141 cm³/mol. The second kappa shape index (κ2) is 14.9. The Kier molecular flexibility index (Phi) is 12.3. The molecule has 10 nitrogen and oxygen atoms in total. The van der Waals surface area contributed by atoms with E-state index in [2.05, 4.69) is 24.5 Å². The fourth-order valence-corrected chi connectivity index (χ4v) is 5.33. The number of ketones is 1. The second-order valence-corrected chi connectivity index (χ2v) is 10.9. The Balaban J connectivity index is 0.00000153. The lowest BCUT2D eigenvalue weighted by Gasteiger charge is -2.35. The first kappa shape index (κ1) is 30.6. The number of Topliss-reactive ketones (excluding diaryl/α,β-unsaturated/α-hetero) is 1. The highest BCUT2D eigenvalue weighted by atomic mass is 16.2. The van der Waals surface area contributed by atoms with Crippen LogP contribution >= 0.6 is 0 Å². The molecule has 0 radical (unpaired) electrons. The molecule has 0 aromatic carbocycles. The van der Waals surface area contributed by atoms with Crippen LogP contribution in [0.3, 0.4) is 0 Å². The van der Waals surface area contributed by atoms with E-state index < -0.39 is 35.7 Å². The summed E-state index contributed by atoms with van der Waals surface area (Å²) in [5.74, 6) is -2.24. The van der Waals surface area contributed by atoms with E-state index in [1.165, 1.54) is 11.3 Å². The summed E-state index contributed by atoms with van der Waals surface area (Å²) in [5, 5.41) is 5.61. The zero-order chi connectivity index (χ0) is 27.5. The van der Waals surface area contributed by atoms with E-state index in [1.807, 2.05) is 0 Å². The Labute approximate surface area is 221 Å². The molecule has 3 fully saturated rings. The smallest absolute Gasteiger partial charge is 0.317 e. The molecule has 210 valence electrons. The van der Waals surface area contributed by atoms with Crippen molar-refractivity contribution >= 4 is 29.5 Å². The van der Waals surface area contributed by atoms with Gasteiger partial charge in [-0.25, -0.2) is 4.79 Å². The number of nitrogens with two attached hydrogens (primary N) is 1. The summed E-state index contributed by atoms with van der Waals surface area (Å²) in [5.41, 5.74) is 5.22. The van der Waals surface area contributed by atoms with Crippen molar-refractivity contribution in [2.45, 2.75) is 109 Å². The van der Waals surface area contributed by atoms with Crippen molar-refractivity contribution in [2.24, 2.45) is 17.6 Å². The summed E-state index contributed by atoms with van der Waals surface area (Å²) in [4.78, 5) is 66.1. The Hall–Kier alpha value is -2.65. The zero-order valence-corrected chi connectivity index (χ0v) is 23.1. The largest absolute Gasteiger partial charge is 0.363 e. The van der Waals surface area contributed by atoms with E-state index in [9.17, 15) is 24.0 Å². The Morgan fingerprint density at radius 3 is 2.03 bits per heavy atom. The lowest BCUT2D eigenvalue weighted by Crippen LogP contribution is -2.58. The number of urea groups is 1. The number of nitrogens with one attached hydrogen (secondary N) is 2. The van der Waals surface area contributed by atoms with E-state index >= 15 is 0 Å². The number of nitrogens with zero attached hydrogens (tertiary/aromatic N) is 2. The first-order chi connectivity index (χ1) is 17.6. The van der Waals surface area contributed by atoms with Crippen LogP contribution in [0.4, 0.5) is 4.79 Å². The van der Waals surface area contributed by atoms with E-state index in [-0.39, 0.29) is 23.8 Å². The highest BCUT2D eigenvalue weighted by Crippen LogP contribution is 2.31. The first-order valence-corrected chi connectivity index (χ1v) is 14.0. The van der Waals surface area contributed by atoms with Gasteiger partial charge >= 0.3 is 6.03 Å². The van der Waals surface area contributed by atoms with Crippen molar-refractivity contribution in [1.82, 2.24) is 20.4 Å². The Bertz CT molecular complexity index is 807. The first-order valence-electron chi connectivity index (χ1n) is 14.0. The van der Waals surface area contributed by atoms with E-state index in [0.29, 0.717) is 25.8 Å². The Morgan fingerprint density at radius 2 is 1.51 bits per heavy atom. The van der Waals surface area contributed by atoms with Crippen molar-refractivity contribution in [3.8, 4) is 0 Å². The average molecular weight is 522 g/mol.